The Morgan fingerprint density at radius 3 is 1.79 bits per heavy atom. The van der Waals surface area contributed by atoms with Crippen LogP contribution < -0.4 is 0 Å². The molecule has 0 fully saturated rings. The lowest BCUT2D eigenvalue weighted by Crippen LogP contribution is -1.94. The van der Waals surface area contributed by atoms with Crippen LogP contribution in [0.15, 0.2) is 146 Å². The van der Waals surface area contributed by atoms with Crippen LogP contribution in [0.3, 0.4) is 0 Å². The van der Waals surface area contributed by atoms with Gasteiger partial charge in [-0.15, -0.1) is 0 Å². The summed E-state index contributed by atoms with van der Waals surface area (Å²) in [7, 11) is 0. The van der Waals surface area contributed by atoms with Gasteiger partial charge in [-0.2, -0.15) is 0 Å². The fraction of sp³-hybridized carbons (Fsp3) is 0.0513. The average Bonchev–Trinajstić information content (AvgIpc) is 3.06. The number of aryl methyl sites for hydroxylation is 1. The molecule has 1 N–H and O–H groups in total. The van der Waals surface area contributed by atoms with Gasteiger partial charge in [-0.3, -0.25) is 9.97 Å². The van der Waals surface area contributed by atoms with E-state index >= 15 is 0 Å². The van der Waals surface area contributed by atoms with Gasteiger partial charge in [-0.05, 0) is 77.1 Å². The first-order chi connectivity index (χ1) is 20.6. The second-order valence-corrected chi connectivity index (χ2v) is 10.3. The second-order valence-electron chi connectivity index (χ2n) is 10.3. The first-order valence-electron chi connectivity index (χ1n) is 14.1. The highest BCUT2D eigenvalue weighted by Crippen LogP contribution is 2.37. The molecule has 0 spiro atoms. The van der Waals surface area contributed by atoms with E-state index in [-0.39, 0.29) is 0 Å². The van der Waals surface area contributed by atoms with Crippen LogP contribution in [0, 0.1) is 12.3 Å². The van der Waals surface area contributed by atoms with Gasteiger partial charge in [0.15, 0.2) is 0 Å². The molecule has 0 radical (unpaired) electrons. The summed E-state index contributed by atoms with van der Waals surface area (Å²) in [5.41, 5.74) is 13.3. The van der Waals surface area contributed by atoms with Crippen molar-refractivity contribution in [3.05, 3.63) is 157 Å². The maximum atomic E-state index is 8.24. The summed E-state index contributed by atoms with van der Waals surface area (Å²) >= 11 is 0. The summed E-state index contributed by atoms with van der Waals surface area (Å²) in [5, 5.41) is 8.24. The van der Waals surface area contributed by atoms with Gasteiger partial charge in [-0.1, -0.05) is 109 Å². The maximum Gasteiger partial charge on any atom is 0.0702 e. The molecule has 0 aliphatic carbocycles. The van der Waals surface area contributed by atoms with Crippen LogP contribution in [0.2, 0.25) is 0 Å². The van der Waals surface area contributed by atoms with Gasteiger partial charge in [0.2, 0.25) is 0 Å². The van der Waals surface area contributed by atoms with Crippen molar-refractivity contribution < 1.29 is 0 Å². The first-order valence-corrected chi connectivity index (χ1v) is 14.1. The number of benzene rings is 4. The lowest BCUT2D eigenvalue weighted by molar-refractivity contribution is 1.27. The third-order valence-electron chi connectivity index (χ3n) is 7.43. The highest BCUT2D eigenvalue weighted by molar-refractivity contribution is 6.06. The first kappa shape index (κ1) is 26.8. The molecular formula is C39H31N3. The van der Waals surface area contributed by atoms with E-state index in [0.717, 1.165) is 67.0 Å². The molecule has 0 amide bonds. The molecule has 2 aromatic heterocycles. The zero-order valence-electron chi connectivity index (χ0n) is 23.8. The lowest BCUT2D eigenvalue weighted by atomic mass is 9.90. The Bertz CT molecular complexity index is 1850. The minimum absolute atomic E-state index is 0.509. The van der Waals surface area contributed by atoms with Crippen molar-refractivity contribution in [2.75, 3.05) is 0 Å². The number of rotatable bonds is 7. The summed E-state index contributed by atoms with van der Waals surface area (Å²) < 4.78 is 0. The Labute approximate surface area is 247 Å². The number of allylic oxidation sites excluding steroid dienone is 2. The molecule has 0 bridgehead atoms. The Hall–Kier alpha value is -5.41. The molecule has 0 atom stereocenters. The quantitative estimate of drug-likeness (QED) is 0.204. The van der Waals surface area contributed by atoms with Crippen LogP contribution in [0.4, 0.5) is 0 Å². The highest BCUT2D eigenvalue weighted by Gasteiger charge is 2.12. The number of nitrogens with zero attached hydrogens (tertiary/aromatic N) is 2. The Morgan fingerprint density at radius 1 is 0.548 bits per heavy atom. The molecule has 6 aromatic rings. The molecule has 0 saturated carbocycles. The zero-order valence-corrected chi connectivity index (χ0v) is 23.8. The van der Waals surface area contributed by atoms with Crippen molar-refractivity contribution in [2.45, 2.75) is 13.8 Å². The topological polar surface area (TPSA) is 49.6 Å². The van der Waals surface area contributed by atoms with Gasteiger partial charge < -0.3 is 5.41 Å². The van der Waals surface area contributed by atoms with Gasteiger partial charge in [-0.25, -0.2) is 0 Å². The summed E-state index contributed by atoms with van der Waals surface area (Å²) in [6.07, 6.45) is 7.58. The SMILES string of the molecule is C/C=C\C(=N)c1ccc(-c2ccc(-c3ccc(-c4ccccc4)nc3)c(-c3ccc(-c4ccc(C)cn4)cc3)c2)cc1. The number of nitrogens with one attached hydrogen (secondary N) is 1. The molecule has 0 unspecified atom stereocenters. The Kier molecular flexibility index (Phi) is 7.65. The van der Waals surface area contributed by atoms with E-state index in [0.29, 0.717) is 5.71 Å². The van der Waals surface area contributed by atoms with Gasteiger partial charge >= 0.3 is 0 Å². The van der Waals surface area contributed by atoms with Gasteiger partial charge in [0.25, 0.3) is 0 Å². The molecule has 42 heavy (non-hydrogen) atoms. The monoisotopic (exact) mass is 541 g/mol. The van der Waals surface area contributed by atoms with Crippen LogP contribution in [-0.2, 0) is 0 Å². The van der Waals surface area contributed by atoms with Crippen molar-refractivity contribution in [2.24, 2.45) is 0 Å². The molecule has 3 heteroatoms. The average molecular weight is 542 g/mol. The molecule has 0 aliphatic rings. The summed E-state index contributed by atoms with van der Waals surface area (Å²) in [6.45, 7) is 3.98. The maximum absolute atomic E-state index is 8.24. The van der Waals surface area contributed by atoms with Gasteiger partial charge in [0.05, 0.1) is 17.1 Å². The summed E-state index contributed by atoms with van der Waals surface area (Å²) in [4.78, 5) is 9.42. The fourth-order valence-electron chi connectivity index (χ4n) is 5.11. The van der Waals surface area contributed by atoms with Gasteiger partial charge in [0.1, 0.15) is 0 Å². The van der Waals surface area contributed by atoms with Crippen LogP contribution in [0.1, 0.15) is 18.1 Å². The van der Waals surface area contributed by atoms with E-state index < -0.39 is 0 Å². The lowest BCUT2D eigenvalue weighted by Gasteiger charge is -2.14. The van der Waals surface area contributed by atoms with Crippen LogP contribution >= 0.6 is 0 Å². The second kappa shape index (κ2) is 12.0. The highest BCUT2D eigenvalue weighted by atomic mass is 14.7. The molecule has 6 rings (SSSR count). The van der Waals surface area contributed by atoms with Gasteiger partial charge in [0, 0.05) is 29.1 Å². The third kappa shape index (κ3) is 5.72. The third-order valence-corrected chi connectivity index (χ3v) is 7.43. The molecule has 202 valence electrons. The van der Waals surface area contributed by atoms with E-state index in [9.17, 15) is 0 Å². The van der Waals surface area contributed by atoms with Crippen molar-refractivity contribution in [1.29, 1.82) is 5.41 Å². The number of pyridine rings is 2. The van der Waals surface area contributed by atoms with E-state index in [1.165, 1.54) is 0 Å². The van der Waals surface area contributed by atoms with Crippen LogP contribution in [-0.4, -0.2) is 15.7 Å². The normalized spacial score (nSPS) is 11.1. The predicted octanol–water partition coefficient (Wildman–Crippen LogP) is 10.1. The minimum atomic E-state index is 0.509. The van der Waals surface area contributed by atoms with Crippen molar-refractivity contribution in [1.82, 2.24) is 9.97 Å². The number of aromatic nitrogens is 2. The molecule has 2 heterocycles. The summed E-state index contributed by atoms with van der Waals surface area (Å²) in [5.74, 6) is 0. The van der Waals surface area contributed by atoms with E-state index in [2.05, 4.69) is 103 Å². The largest absolute Gasteiger partial charge is 0.300 e. The number of hydrogen-bond acceptors (Lipinski definition) is 3. The summed E-state index contributed by atoms with van der Waals surface area (Å²) in [6, 6.07) is 42.1. The van der Waals surface area contributed by atoms with E-state index in [1.54, 1.807) is 0 Å². The Morgan fingerprint density at radius 2 is 1.14 bits per heavy atom. The van der Waals surface area contributed by atoms with Crippen LogP contribution in [0.5, 0.6) is 0 Å². The Balaban J connectivity index is 1.41. The predicted molar refractivity (Wildman–Crippen MR) is 176 cm³/mol. The van der Waals surface area contributed by atoms with Crippen molar-refractivity contribution in [3.8, 4) is 55.9 Å². The minimum Gasteiger partial charge on any atom is -0.300 e. The smallest absolute Gasteiger partial charge is 0.0702 e. The number of hydrogen-bond donors (Lipinski definition) is 1. The zero-order chi connectivity index (χ0) is 28.9. The van der Waals surface area contributed by atoms with Crippen molar-refractivity contribution >= 4 is 5.71 Å². The van der Waals surface area contributed by atoms with Crippen LogP contribution in [0.25, 0.3) is 55.9 Å². The molecule has 3 nitrogen and oxygen atoms in total. The van der Waals surface area contributed by atoms with E-state index in [4.69, 9.17) is 10.4 Å². The molecule has 0 saturated heterocycles. The molecule has 0 aliphatic heterocycles. The molecule has 4 aromatic carbocycles. The standard InChI is InChI=1S/C39H31N3/c1-3-7-37(40)30-15-11-28(12-16-30)33-19-21-35(34-20-23-39(42-26-34)31-8-5-4-6-9-31)36(24-33)29-13-17-32(18-14-29)38-22-10-27(2)25-41-38/h3-26,40H,1-2H3/b7-3-,40-37?. The fourth-order valence-corrected chi connectivity index (χ4v) is 5.11. The van der Waals surface area contributed by atoms with Crippen molar-refractivity contribution in [3.63, 3.8) is 0 Å². The van der Waals surface area contributed by atoms with E-state index in [1.807, 2.05) is 61.8 Å². The molecular weight excluding hydrogens is 510 g/mol.